The third-order valence-corrected chi connectivity index (χ3v) is 6.48. The highest BCUT2D eigenvalue weighted by atomic mass is 19.3. The summed E-state index contributed by atoms with van der Waals surface area (Å²) in [5.41, 5.74) is 0.574. The maximum Gasteiger partial charge on any atom is 0.432 e. The normalized spacial score (nSPS) is 11.5. The number of hydrogen-bond donors (Lipinski definition) is 0. The summed E-state index contributed by atoms with van der Waals surface area (Å²) in [6.07, 6.45) is 7.69. The first kappa shape index (κ1) is 29.5. The van der Waals surface area contributed by atoms with Gasteiger partial charge >= 0.3 is 6.11 Å². The van der Waals surface area contributed by atoms with Gasteiger partial charge in [0.25, 0.3) is 0 Å². The van der Waals surface area contributed by atoms with E-state index < -0.39 is 29.1 Å². The van der Waals surface area contributed by atoms with Gasteiger partial charge in [-0.25, -0.2) is 8.78 Å². The van der Waals surface area contributed by atoms with E-state index in [1.165, 1.54) is 37.8 Å². The zero-order valence-electron chi connectivity index (χ0n) is 22.3. The first-order chi connectivity index (χ1) is 18.3. The van der Waals surface area contributed by atoms with Crippen molar-refractivity contribution >= 4 is 0 Å². The maximum absolute atomic E-state index is 15.1. The largest absolute Gasteiger partial charge is 0.454 e. The molecule has 0 N–H and O–H groups in total. The average molecular weight is 530 g/mol. The zero-order valence-corrected chi connectivity index (χ0v) is 22.3. The van der Waals surface area contributed by atoms with Gasteiger partial charge in [0.05, 0.1) is 0 Å². The van der Waals surface area contributed by atoms with Crippen molar-refractivity contribution in [3.63, 3.8) is 0 Å². The van der Waals surface area contributed by atoms with Crippen LogP contribution in [0.25, 0.3) is 0 Å². The smallest absolute Gasteiger partial charge is 0.432 e. The molecule has 0 fully saturated rings. The molecule has 0 bridgehead atoms. The van der Waals surface area contributed by atoms with Gasteiger partial charge in [0.1, 0.15) is 22.9 Å². The molecule has 3 aromatic rings. The highest BCUT2D eigenvalue weighted by Gasteiger charge is 2.42. The van der Waals surface area contributed by atoms with Gasteiger partial charge in [-0.15, -0.1) is 0 Å². The molecule has 0 aliphatic heterocycles. The second kappa shape index (κ2) is 14.8. The Hall–Kier alpha value is -3.02. The molecular formula is C32H37F4O2. The Morgan fingerprint density at radius 2 is 1.18 bits per heavy atom. The molecule has 0 atom stereocenters. The van der Waals surface area contributed by atoms with Gasteiger partial charge in [-0.1, -0.05) is 83.1 Å². The van der Waals surface area contributed by atoms with Crippen LogP contribution in [0.15, 0.2) is 54.6 Å². The molecule has 0 aliphatic carbocycles. The average Bonchev–Trinajstić information content (AvgIpc) is 2.90. The van der Waals surface area contributed by atoms with Gasteiger partial charge in [0, 0.05) is 6.07 Å². The zero-order chi connectivity index (χ0) is 27.4. The summed E-state index contributed by atoms with van der Waals surface area (Å²) in [7, 11) is 0. The molecule has 3 rings (SSSR count). The first-order valence-electron chi connectivity index (χ1n) is 13.7. The van der Waals surface area contributed by atoms with Crippen molar-refractivity contribution in [1.29, 1.82) is 0 Å². The van der Waals surface area contributed by atoms with Crippen LogP contribution in [0.2, 0.25) is 0 Å². The van der Waals surface area contributed by atoms with Crippen molar-refractivity contribution < 1.29 is 27.0 Å². The number of aryl methyl sites for hydroxylation is 2. The number of halogens is 4. The molecule has 0 saturated heterocycles. The highest BCUT2D eigenvalue weighted by molar-refractivity contribution is 5.38. The SMILES string of the molecule is CCCCCCCc1ccc(OC(F)(F)c2c(F)c[c]c(Oc3ccc(CCCCCC)cc3)c2F)cc1. The Balaban J connectivity index is 1.65. The maximum atomic E-state index is 15.1. The molecule has 0 spiro atoms. The van der Waals surface area contributed by atoms with Crippen molar-refractivity contribution in [3.05, 3.63) is 89.0 Å². The lowest BCUT2D eigenvalue weighted by Crippen LogP contribution is -2.25. The molecule has 0 aromatic heterocycles. The van der Waals surface area contributed by atoms with Crippen molar-refractivity contribution in [2.24, 2.45) is 0 Å². The summed E-state index contributed by atoms with van der Waals surface area (Å²) in [6.45, 7) is 4.31. The Kier molecular flexibility index (Phi) is 11.5. The van der Waals surface area contributed by atoms with Crippen molar-refractivity contribution in [3.8, 4) is 17.2 Å². The summed E-state index contributed by atoms with van der Waals surface area (Å²) in [5, 5.41) is 0. The highest BCUT2D eigenvalue weighted by Crippen LogP contribution is 2.38. The molecule has 0 amide bonds. The van der Waals surface area contributed by atoms with Crippen LogP contribution < -0.4 is 9.47 Å². The molecule has 1 radical (unpaired) electrons. The Bertz CT molecular complexity index is 1110. The molecule has 0 heterocycles. The van der Waals surface area contributed by atoms with Crippen LogP contribution in [0.3, 0.4) is 0 Å². The van der Waals surface area contributed by atoms with E-state index in [1.54, 1.807) is 24.3 Å². The lowest BCUT2D eigenvalue weighted by Gasteiger charge is -2.20. The second-order valence-electron chi connectivity index (χ2n) is 9.64. The Morgan fingerprint density at radius 3 is 1.74 bits per heavy atom. The van der Waals surface area contributed by atoms with Gasteiger partial charge in [0.15, 0.2) is 11.6 Å². The number of alkyl halides is 2. The summed E-state index contributed by atoms with van der Waals surface area (Å²) in [4.78, 5) is 0. The quantitative estimate of drug-likeness (QED) is 0.136. The standard InChI is InChI=1S/C32H37F4O2/c1-3-5-7-9-11-13-25-16-20-27(21-17-25)38-32(35,36)30-28(33)22-23-29(31(30)34)37-26-18-14-24(15-19-26)12-10-8-6-4-2/h14-22H,3-13H2,1-2H3. The molecule has 2 nitrogen and oxygen atoms in total. The minimum atomic E-state index is -4.26. The van der Waals surface area contributed by atoms with Gasteiger partial charge < -0.3 is 9.47 Å². The summed E-state index contributed by atoms with van der Waals surface area (Å²) in [5.74, 6) is -3.59. The molecule has 3 aromatic carbocycles. The van der Waals surface area contributed by atoms with E-state index in [1.807, 2.05) is 12.1 Å². The first-order valence-corrected chi connectivity index (χ1v) is 13.7. The molecule has 6 heteroatoms. The van der Waals surface area contributed by atoms with E-state index in [2.05, 4.69) is 19.9 Å². The fourth-order valence-corrected chi connectivity index (χ4v) is 4.28. The van der Waals surface area contributed by atoms with Crippen LogP contribution in [0.4, 0.5) is 17.6 Å². The summed E-state index contributed by atoms with van der Waals surface area (Å²) in [6, 6.07) is 16.0. The van der Waals surface area contributed by atoms with Crippen LogP contribution >= 0.6 is 0 Å². The van der Waals surface area contributed by atoms with Gasteiger partial charge in [-0.2, -0.15) is 8.78 Å². The third kappa shape index (κ3) is 8.78. The fourth-order valence-electron chi connectivity index (χ4n) is 4.28. The van der Waals surface area contributed by atoms with E-state index in [0.717, 1.165) is 56.1 Å². The molecule has 0 saturated carbocycles. The predicted octanol–water partition coefficient (Wildman–Crippen LogP) is 10.3. The molecule has 0 unspecified atom stereocenters. The fraction of sp³-hybridized carbons (Fsp3) is 0.438. The number of ether oxygens (including phenoxy) is 2. The molecule has 38 heavy (non-hydrogen) atoms. The Labute approximate surface area is 224 Å². The molecular weight excluding hydrogens is 492 g/mol. The summed E-state index contributed by atoms with van der Waals surface area (Å²) >= 11 is 0. The van der Waals surface area contributed by atoms with E-state index >= 15 is 4.39 Å². The second-order valence-corrected chi connectivity index (χ2v) is 9.64. The van der Waals surface area contributed by atoms with Crippen molar-refractivity contribution in [2.45, 2.75) is 90.6 Å². The van der Waals surface area contributed by atoms with Gasteiger partial charge in [-0.05, 0) is 67.1 Å². The molecule has 205 valence electrons. The molecule has 0 aliphatic rings. The van der Waals surface area contributed by atoms with E-state index in [0.29, 0.717) is 6.07 Å². The number of rotatable bonds is 16. The van der Waals surface area contributed by atoms with Crippen LogP contribution in [0, 0.1) is 17.7 Å². The summed E-state index contributed by atoms with van der Waals surface area (Å²) < 4.78 is 69.6. The minimum absolute atomic E-state index is 0.187. The van der Waals surface area contributed by atoms with Crippen LogP contribution in [0.5, 0.6) is 17.2 Å². The lowest BCUT2D eigenvalue weighted by molar-refractivity contribution is -0.189. The number of hydrogen-bond acceptors (Lipinski definition) is 2. The van der Waals surface area contributed by atoms with Crippen LogP contribution in [-0.4, -0.2) is 0 Å². The third-order valence-electron chi connectivity index (χ3n) is 6.48. The predicted molar refractivity (Wildman–Crippen MR) is 143 cm³/mol. The van der Waals surface area contributed by atoms with Crippen molar-refractivity contribution in [1.82, 2.24) is 0 Å². The van der Waals surface area contributed by atoms with Crippen molar-refractivity contribution in [2.75, 3.05) is 0 Å². The van der Waals surface area contributed by atoms with E-state index in [-0.39, 0.29) is 11.5 Å². The van der Waals surface area contributed by atoms with Crippen LogP contribution in [-0.2, 0) is 19.0 Å². The topological polar surface area (TPSA) is 18.5 Å². The Morgan fingerprint density at radius 1 is 0.684 bits per heavy atom. The van der Waals surface area contributed by atoms with Gasteiger partial charge in [0.2, 0.25) is 0 Å². The minimum Gasteiger partial charge on any atom is -0.454 e. The van der Waals surface area contributed by atoms with E-state index in [4.69, 9.17) is 9.47 Å². The van der Waals surface area contributed by atoms with Gasteiger partial charge in [-0.3, -0.25) is 0 Å². The van der Waals surface area contributed by atoms with Crippen LogP contribution in [0.1, 0.15) is 88.3 Å². The monoisotopic (exact) mass is 529 g/mol. The number of benzene rings is 3. The van der Waals surface area contributed by atoms with E-state index in [9.17, 15) is 13.2 Å². The lowest BCUT2D eigenvalue weighted by atomic mass is 10.1. The number of unbranched alkanes of at least 4 members (excludes halogenated alkanes) is 7.